The summed E-state index contributed by atoms with van der Waals surface area (Å²) in [6, 6.07) is 9.99. The fraction of sp³-hybridized carbons (Fsp3) is 0.579. The maximum atomic E-state index is 12.0. The molecule has 2 rings (SSSR count). The maximum absolute atomic E-state index is 12.0. The van der Waals surface area contributed by atoms with Crippen LogP contribution in [0.15, 0.2) is 30.3 Å². The fourth-order valence-corrected chi connectivity index (χ4v) is 3.14. The SMILES string of the molecule is C[C@@H]1[C@H](C)CCC[C@H]1NC(=O)COC(=O)CCc1ccccc1. The van der Waals surface area contributed by atoms with E-state index >= 15 is 0 Å². The van der Waals surface area contributed by atoms with Crippen LogP contribution >= 0.6 is 0 Å². The molecule has 1 N–H and O–H groups in total. The van der Waals surface area contributed by atoms with Gasteiger partial charge in [0.25, 0.3) is 5.91 Å². The van der Waals surface area contributed by atoms with Gasteiger partial charge in [0, 0.05) is 12.5 Å². The van der Waals surface area contributed by atoms with E-state index in [1.807, 2.05) is 30.3 Å². The van der Waals surface area contributed by atoms with Gasteiger partial charge in [-0.1, -0.05) is 57.0 Å². The molecular weight excluding hydrogens is 290 g/mol. The average Bonchev–Trinajstić information content (AvgIpc) is 2.56. The van der Waals surface area contributed by atoms with Gasteiger partial charge in [-0.15, -0.1) is 0 Å². The van der Waals surface area contributed by atoms with Gasteiger partial charge in [-0.05, 0) is 30.2 Å². The Bertz CT molecular complexity index is 515. The summed E-state index contributed by atoms with van der Waals surface area (Å²) in [5.74, 6) is 0.585. The Balaban J connectivity index is 1.66. The van der Waals surface area contributed by atoms with Crippen LogP contribution in [0.1, 0.15) is 45.1 Å². The lowest BCUT2D eigenvalue weighted by molar-refractivity contribution is -0.148. The van der Waals surface area contributed by atoms with Crippen molar-refractivity contribution in [1.82, 2.24) is 5.32 Å². The number of rotatable bonds is 6. The Kier molecular flexibility index (Phi) is 6.63. The molecule has 23 heavy (non-hydrogen) atoms. The first-order valence-electron chi connectivity index (χ1n) is 8.55. The average molecular weight is 317 g/mol. The second kappa shape index (κ2) is 8.70. The number of ether oxygens (including phenoxy) is 1. The quantitative estimate of drug-likeness (QED) is 0.820. The fourth-order valence-electron chi connectivity index (χ4n) is 3.14. The molecule has 1 aliphatic carbocycles. The topological polar surface area (TPSA) is 55.4 Å². The van der Waals surface area contributed by atoms with Gasteiger partial charge in [-0.3, -0.25) is 9.59 Å². The number of hydrogen-bond acceptors (Lipinski definition) is 3. The van der Waals surface area contributed by atoms with Crippen molar-refractivity contribution in [3.8, 4) is 0 Å². The second-order valence-corrected chi connectivity index (χ2v) is 6.59. The summed E-state index contributed by atoms with van der Waals surface area (Å²) in [7, 11) is 0. The Labute approximate surface area is 138 Å². The molecule has 0 aliphatic heterocycles. The molecule has 1 aliphatic rings. The van der Waals surface area contributed by atoms with E-state index in [4.69, 9.17) is 4.74 Å². The molecule has 0 bridgehead atoms. The molecule has 0 saturated heterocycles. The largest absolute Gasteiger partial charge is 0.456 e. The van der Waals surface area contributed by atoms with Crippen molar-refractivity contribution in [2.45, 2.75) is 52.0 Å². The minimum atomic E-state index is -0.325. The second-order valence-electron chi connectivity index (χ2n) is 6.59. The van der Waals surface area contributed by atoms with E-state index in [9.17, 15) is 9.59 Å². The highest BCUT2D eigenvalue weighted by atomic mass is 16.5. The Hall–Kier alpha value is -1.84. The van der Waals surface area contributed by atoms with Crippen molar-refractivity contribution in [2.24, 2.45) is 11.8 Å². The highest BCUT2D eigenvalue weighted by Gasteiger charge is 2.28. The highest BCUT2D eigenvalue weighted by molar-refractivity contribution is 5.80. The van der Waals surface area contributed by atoms with E-state index in [1.165, 1.54) is 6.42 Å². The zero-order valence-electron chi connectivity index (χ0n) is 14.1. The standard InChI is InChI=1S/C19H27NO3/c1-14-7-6-10-17(15(14)2)20-18(21)13-23-19(22)12-11-16-8-4-3-5-9-16/h3-5,8-9,14-15,17H,6-7,10-13H2,1-2H3,(H,20,21)/t14-,15-,17-/m1/s1. The number of carbonyl (C=O) groups is 2. The van der Waals surface area contributed by atoms with Crippen molar-refractivity contribution in [3.63, 3.8) is 0 Å². The predicted octanol–water partition coefficient (Wildman–Crippen LogP) is 3.10. The normalized spacial score (nSPS) is 24.0. The van der Waals surface area contributed by atoms with Gasteiger partial charge in [0.1, 0.15) is 0 Å². The van der Waals surface area contributed by atoms with E-state index in [2.05, 4.69) is 19.2 Å². The van der Waals surface area contributed by atoms with Crippen LogP contribution in [-0.4, -0.2) is 24.5 Å². The van der Waals surface area contributed by atoms with Crippen LogP contribution in [0.25, 0.3) is 0 Å². The van der Waals surface area contributed by atoms with Crippen molar-refractivity contribution < 1.29 is 14.3 Å². The van der Waals surface area contributed by atoms with Gasteiger partial charge in [0.05, 0.1) is 0 Å². The van der Waals surface area contributed by atoms with Crippen LogP contribution in [0, 0.1) is 11.8 Å². The molecule has 126 valence electrons. The zero-order valence-corrected chi connectivity index (χ0v) is 14.1. The maximum Gasteiger partial charge on any atom is 0.306 e. The van der Waals surface area contributed by atoms with Gasteiger partial charge in [-0.2, -0.15) is 0 Å². The van der Waals surface area contributed by atoms with E-state index in [-0.39, 0.29) is 24.5 Å². The van der Waals surface area contributed by atoms with Gasteiger partial charge >= 0.3 is 5.97 Å². The minimum absolute atomic E-state index is 0.175. The smallest absolute Gasteiger partial charge is 0.306 e. The van der Waals surface area contributed by atoms with Crippen LogP contribution in [0.2, 0.25) is 0 Å². The van der Waals surface area contributed by atoms with E-state index < -0.39 is 0 Å². The molecule has 0 radical (unpaired) electrons. The van der Waals surface area contributed by atoms with Crippen molar-refractivity contribution >= 4 is 11.9 Å². The summed E-state index contributed by atoms with van der Waals surface area (Å²) in [6.07, 6.45) is 4.32. The number of carbonyl (C=O) groups excluding carboxylic acids is 2. The number of amides is 1. The van der Waals surface area contributed by atoms with Crippen LogP contribution in [0.3, 0.4) is 0 Å². The van der Waals surface area contributed by atoms with Gasteiger partial charge in [0.2, 0.25) is 0 Å². The molecule has 0 unspecified atom stereocenters. The number of aryl methyl sites for hydroxylation is 1. The number of nitrogens with one attached hydrogen (secondary N) is 1. The van der Waals surface area contributed by atoms with Crippen molar-refractivity contribution in [1.29, 1.82) is 0 Å². The molecule has 1 saturated carbocycles. The van der Waals surface area contributed by atoms with E-state index in [0.717, 1.165) is 18.4 Å². The molecule has 1 fully saturated rings. The monoisotopic (exact) mass is 317 g/mol. The van der Waals surface area contributed by atoms with Gasteiger partial charge in [0.15, 0.2) is 6.61 Å². The third kappa shape index (κ3) is 5.70. The zero-order chi connectivity index (χ0) is 16.7. The first kappa shape index (κ1) is 17.5. The molecule has 1 aromatic carbocycles. The predicted molar refractivity (Wildman–Crippen MR) is 89.8 cm³/mol. The lowest BCUT2D eigenvalue weighted by Gasteiger charge is -2.34. The van der Waals surface area contributed by atoms with Gasteiger partial charge in [-0.25, -0.2) is 0 Å². The number of esters is 1. The first-order chi connectivity index (χ1) is 11.1. The summed E-state index contributed by atoms with van der Waals surface area (Å²) < 4.78 is 5.08. The molecule has 4 heteroatoms. The number of hydrogen-bond donors (Lipinski definition) is 1. The van der Waals surface area contributed by atoms with E-state index in [1.54, 1.807) is 0 Å². The Morgan fingerprint density at radius 1 is 1.17 bits per heavy atom. The van der Waals surface area contributed by atoms with Crippen LogP contribution in [-0.2, 0) is 20.7 Å². The summed E-state index contributed by atoms with van der Waals surface area (Å²) in [5, 5.41) is 3.01. The summed E-state index contributed by atoms with van der Waals surface area (Å²) in [6.45, 7) is 4.23. The Morgan fingerprint density at radius 2 is 1.91 bits per heavy atom. The lowest BCUT2D eigenvalue weighted by Crippen LogP contribution is -2.45. The van der Waals surface area contributed by atoms with Crippen LogP contribution in [0.5, 0.6) is 0 Å². The minimum Gasteiger partial charge on any atom is -0.456 e. The molecule has 1 aromatic rings. The molecule has 4 nitrogen and oxygen atoms in total. The Morgan fingerprint density at radius 3 is 2.65 bits per heavy atom. The molecule has 0 aromatic heterocycles. The summed E-state index contributed by atoms with van der Waals surface area (Å²) in [4.78, 5) is 23.7. The highest BCUT2D eigenvalue weighted by Crippen LogP contribution is 2.29. The van der Waals surface area contributed by atoms with Gasteiger partial charge < -0.3 is 10.1 Å². The summed E-state index contributed by atoms with van der Waals surface area (Å²) >= 11 is 0. The molecule has 1 amide bonds. The van der Waals surface area contributed by atoms with E-state index in [0.29, 0.717) is 24.7 Å². The first-order valence-corrected chi connectivity index (χ1v) is 8.55. The summed E-state index contributed by atoms with van der Waals surface area (Å²) in [5.41, 5.74) is 1.10. The van der Waals surface area contributed by atoms with Crippen molar-refractivity contribution in [3.05, 3.63) is 35.9 Å². The van der Waals surface area contributed by atoms with Crippen molar-refractivity contribution in [2.75, 3.05) is 6.61 Å². The van der Waals surface area contributed by atoms with Crippen LogP contribution in [0.4, 0.5) is 0 Å². The molecule has 0 spiro atoms. The molecular formula is C19H27NO3. The lowest BCUT2D eigenvalue weighted by atomic mass is 9.78. The van der Waals surface area contributed by atoms with Crippen LogP contribution < -0.4 is 5.32 Å². The third-order valence-electron chi connectivity index (χ3n) is 4.88. The third-order valence-corrected chi connectivity index (χ3v) is 4.88. The number of benzene rings is 1. The molecule has 0 heterocycles. The molecule has 3 atom stereocenters.